The van der Waals surface area contributed by atoms with Crippen LogP contribution in [0.2, 0.25) is 0 Å². The molecule has 3 nitrogen and oxygen atoms in total. The van der Waals surface area contributed by atoms with Gasteiger partial charge >= 0.3 is 0 Å². The second kappa shape index (κ2) is 5.68. The first-order chi connectivity index (χ1) is 10.1. The summed E-state index contributed by atoms with van der Waals surface area (Å²) in [5, 5.41) is 1.05. The molecular formula is C17H22N2OS. The molecule has 112 valence electrons. The third-order valence-electron chi connectivity index (χ3n) is 4.49. The normalized spacial score (nSPS) is 16.4. The number of carbonyl (C=O) groups excluding carboxylic acids is 1. The molecule has 0 bridgehead atoms. The van der Waals surface area contributed by atoms with Gasteiger partial charge < -0.3 is 9.47 Å². The molecule has 2 aromatic rings. The van der Waals surface area contributed by atoms with E-state index >= 15 is 0 Å². The lowest BCUT2D eigenvalue weighted by atomic mass is 9.98. The maximum absolute atomic E-state index is 13.0. The quantitative estimate of drug-likeness (QED) is 0.822. The summed E-state index contributed by atoms with van der Waals surface area (Å²) in [5.41, 5.74) is 2.02. The van der Waals surface area contributed by atoms with Crippen LogP contribution < -0.4 is 0 Å². The summed E-state index contributed by atoms with van der Waals surface area (Å²) in [7, 11) is 0. The van der Waals surface area contributed by atoms with E-state index in [1.165, 1.54) is 4.88 Å². The van der Waals surface area contributed by atoms with Gasteiger partial charge in [0.1, 0.15) is 5.00 Å². The molecule has 0 aliphatic carbocycles. The molecule has 3 rings (SSSR count). The minimum Gasteiger partial charge on any atom is -0.339 e. The topological polar surface area (TPSA) is 25.2 Å². The van der Waals surface area contributed by atoms with Crippen LogP contribution in [0.1, 0.15) is 40.6 Å². The smallest absolute Gasteiger partial charge is 0.257 e. The summed E-state index contributed by atoms with van der Waals surface area (Å²) in [4.78, 5) is 16.2. The molecule has 0 atom stereocenters. The van der Waals surface area contributed by atoms with E-state index in [1.54, 1.807) is 11.3 Å². The second-order valence-corrected chi connectivity index (χ2v) is 7.23. The number of rotatable bonds is 2. The number of hydrogen-bond acceptors (Lipinski definition) is 2. The molecule has 0 unspecified atom stereocenters. The summed E-state index contributed by atoms with van der Waals surface area (Å²) in [5.74, 6) is 0.940. The van der Waals surface area contributed by atoms with Crippen LogP contribution in [-0.2, 0) is 0 Å². The molecule has 0 radical (unpaired) electrons. The third kappa shape index (κ3) is 2.64. The molecule has 0 aromatic carbocycles. The van der Waals surface area contributed by atoms with Crippen molar-refractivity contribution in [2.45, 2.75) is 33.6 Å². The number of likely N-dealkylation sites (tertiary alicyclic amines) is 1. The average molecular weight is 302 g/mol. The molecule has 0 N–H and O–H groups in total. The summed E-state index contributed by atoms with van der Waals surface area (Å²) >= 11 is 1.71. The van der Waals surface area contributed by atoms with E-state index in [4.69, 9.17) is 0 Å². The molecule has 0 saturated carbocycles. The zero-order chi connectivity index (χ0) is 15.0. The molecule has 21 heavy (non-hydrogen) atoms. The van der Waals surface area contributed by atoms with E-state index in [1.807, 2.05) is 29.4 Å². The highest BCUT2D eigenvalue weighted by Crippen LogP contribution is 2.32. The largest absolute Gasteiger partial charge is 0.339 e. The lowest BCUT2D eigenvalue weighted by Crippen LogP contribution is -2.38. The molecule has 4 heteroatoms. The molecular weight excluding hydrogens is 280 g/mol. The molecule has 1 amide bonds. The lowest BCUT2D eigenvalue weighted by molar-refractivity contribution is 0.0697. The Labute approximate surface area is 130 Å². The maximum atomic E-state index is 13.0. The molecule has 1 aliphatic rings. The SMILES string of the molecule is Cc1sc(-n2cccc2)c(C(=O)N2CCC(C)CC2)c1C. The van der Waals surface area contributed by atoms with Crippen LogP contribution in [0.5, 0.6) is 0 Å². The highest BCUT2D eigenvalue weighted by molar-refractivity contribution is 7.15. The predicted octanol–water partition coefficient (Wildman–Crippen LogP) is 4.03. The van der Waals surface area contributed by atoms with Crippen LogP contribution in [0.25, 0.3) is 5.00 Å². The van der Waals surface area contributed by atoms with Crippen molar-refractivity contribution in [3.8, 4) is 5.00 Å². The summed E-state index contributed by atoms with van der Waals surface area (Å²) in [6, 6.07) is 4.00. The standard InChI is InChI=1S/C17H22N2OS/c1-12-6-10-18(11-7-12)16(20)15-13(2)14(3)21-17(15)19-8-4-5-9-19/h4-5,8-9,12H,6-7,10-11H2,1-3H3. The maximum Gasteiger partial charge on any atom is 0.257 e. The van der Waals surface area contributed by atoms with Gasteiger partial charge in [0.15, 0.2) is 0 Å². The van der Waals surface area contributed by atoms with Crippen molar-refractivity contribution in [1.82, 2.24) is 9.47 Å². The first kappa shape index (κ1) is 14.4. The van der Waals surface area contributed by atoms with Crippen molar-refractivity contribution in [1.29, 1.82) is 0 Å². The van der Waals surface area contributed by atoms with Crippen LogP contribution in [0.3, 0.4) is 0 Å². The van der Waals surface area contributed by atoms with Gasteiger partial charge in [0.25, 0.3) is 5.91 Å². The van der Waals surface area contributed by atoms with E-state index in [2.05, 4.69) is 25.3 Å². The summed E-state index contributed by atoms with van der Waals surface area (Å²) < 4.78 is 2.06. The van der Waals surface area contributed by atoms with Crippen LogP contribution in [-0.4, -0.2) is 28.5 Å². The zero-order valence-electron chi connectivity index (χ0n) is 12.9. The van der Waals surface area contributed by atoms with Crippen molar-refractivity contribution in [2.24, 2.45) is 5.92 Å². The Bertz CT molecular complexity index is 634. The fourth-order valence-electron chi connectivity index (χ4n) is 2.88. The van der Waals surface area contributed by atoms with Crippen LogP contribution in [0, 0.1) is 19.8 Å². The van der Waals surface area contributed by atoms with Gasteiger partial charge in [-0.25, -0.2) is 0 Å². The molecule has 0 spiro atoms. The van der Waals surface area contributed by atoms with E-state index in [9.17, 15) is 4.79 Å². The number of piperidine rings is 1. The minimum atomic E-state index is 0.201. The fraction of sp³-hybridized carbons (Fsp3) is 0.471. The van der Waals surface area contributed by atoms with Gasteiger partial charge in [0.2, 0.25) is 0 Å². The molecule has 1 saturated heterocycles. The Morgan fingerprint density at radius 3 is 2.43 bits per heavy atom. The highest BCUT2D eigenvalue weighted by Gasteiger charge is 2.27. The Hall–Kier alpha value is -1.55. The van der Waals surface area contributed by atoms with Crippen LogP contribution in [0.4, 0.5) is 0 Å². The number of nitrogens with zero attached hydrogens (tertiary/aromatic N) is 2. The first-order valence-corrected chi connectivity index (χ1v) is 8.42. The average Bonchev–Trinajstić information content (AvgIpc) is 3.09. The van der Waals surface area contributed by atoms with Gasteiger partial charge in [-0.3, -0.25) is 4.79 Å². The Morgan fingerprint density at radius 2 is 1.81 bits per heavy atom. The van der Waals surface area contributed by atoms with Gasteiger partial charge in [-0.15, -0.1) is 11.3 Å². The van der Waals surface area contributed by atoms with Crippen molar-refractivity contribution in [3.63, 3.8) is 0 Å². The van der Waals surface area contributed by atoms with Gasteiger partial charge in [-0.2, -0.15) is 0 Å². The molecule has 1 aliphatic heterocycles. The van der Waals surface area contributed by atoms with Gasteiger partial charge in [0.05, 0.1) is 5.56 Å². The van der Waals surface area contributed by atoms with E-state index in [0.717, 1.165) is 48.0 Å². The van der Waals surface area contributed by atoms with Crippen LogP contribution >= 0.6 is 11.3 Å². The van der Waals surface area contributed by atoms with Gasteiger partial charge in [-0.05, 0) is 50.3 Å². The van der Waals surface area contributed by atoms with Crippen molar-refractivity contribution < 1.29 is 4.79 Å². The lowest BCUT2D eigenvalue weighted by Gasteiger charge is -2.30. The number of aromatic nitrogens is 1. The van der Waals surface area contributed by atoms with Crippen LogP contribution in [0.15, 0.2) is 24.5 Å². The van der Waals surface area contributed by atoms with E-state index < -0.39 is 0 Å². The Kier molecular flexibility index (Phi) is 3.89. The summed E-state index contributed by atoms with van der Waals surface area (Å²) in [6.07, 6.45) is 6.26. The van der Waals surface area contributed by atoms with Crippen molar-refractivity contribution in [2.75, 3.05) is 13.1 Å². The summed E-state index contributed by atoms with van der Waals surface area (Å²) in [6.45, 7) is 8.21. The third-order valence-corrected chi connectivity index (χ3v) is 5.71. The monoisotopic (exact) mass is 302 g/mol. The van der Waals surface area contributed by atoms with Crippen molar-refractivity contribution >= 4 is 17.2 Å². The van der Waals surface area contributed by atoms with E-state index in [0.29, 0.717) is 0 Å². The minimum absolute atomic E-state index is 0.201. The number of thiophene rings is 1. The van der Waals surface area contributed by atoms with Crippen molar-refractivity contribution in [3.05, 3.63) is 40.5 Å². The second-order valence-electron chi connectivity index (χ2n) is 6.03. The Morgan fingerprint density at radius 1 is 1.19 bits per heavy atom. The number of aryl methyl sites for hydroxylation is 1. The predicted molar refractivity (Wildman–Crippen MR) is 87.4 cm³/mol. The zero-order valence-corrected chi connectivity index (χ0v) is 13.7. The van der Waals surface area contributed by atoms with Gasteiger partial charge in [-0.1, -0.05) is 6.92 Å². The Balaban J connectivity index is 1.96. The highest BCUT2D eigenvalue weighted by atomic mass is 32.1. The fourth-order valence-corrected chi connectivity index (χ4v) is 4.00. The molecule has 2 aromatic heterocycles. The first-order valence-electron chi connectivity index (χ1n) is 7.60. The van der Waals surface area contributed by atoms with Gasteiger partial charge in [0, 0.05) is 30.4 Å². The number of hydrogen-bond donors (Lipinski definition) is 0. The number of amides is 1. The molecule has 1 fully saturated rings. The number of carbonyl (C=O) groups is 1. The van der Waals surface area contributed by atoms with E-state index in [-0.39, 0.29) is 5.91 Å². The molecule has 3 heterocycles.